The number of amides is 1. The van der Waals surface area contributed by atoms with Gasteiger partial charge in [0.1, 0.15) is 6.04 Å². The number of hydrogen-bond acceptors (Lipinski definition) is 3. The predicted octanol–water partition coefficient (Wildman–Crippen LogP) is 0.798. The number of carboxylic acid groups (broad SMARTS) is 1. The molecule has 0 aliphatic heterocycles. The highest BCUT2D eigenvalue weighted by molar-refractivity contribution is 5.84. The molecule has 0 spiro atoms. The summed E-state index contributed by atoms with van der Waals surface area (Å²) < 4.78 is 0. The highest BCUT2D eigenvalue weighted by Crippen LogP contribution is 2.08. The zero-order chi connectivity index (χ0) is 14.4. The van der Waals surface area contributed by atoms with E-state index in [1.165, 1.54) is 16.0 Å². The van der Waals surface area contributed by atoms with E-state index in [0.717, 1.165) is 6.42 Å². The fourth-order valence-corrected chi connectivity index (χ4v) is 1.73. The Morgan fingerprint density at radius 1 is 1.37 bits per heavy atom. The molecule has 0 aliphatic rings. The Balaban J connectivity index is 2.47. The van der Waals surface area contributed by atoms with Gasteiger partial charge in [-0.15, -0.1) is 0 Å². The van der Waals surface area contributed by atoms with Gasteiger partial charge in [-0.25, -0.2) is 0 Å². The molecule has 1 unspecified atom stereocenters. The maximum Gasteiger partial charge on any atom is 0.321 e. The second-order valence-electron chi connectivity index (χ2n) is 4.64. The monoisotopic (exact) mass is 264 g/mol. The molecule has 0 saturated heterocycles. The van der Waals surface area contributed by atoms with E-state index in [2.05, 4.69) is 0 Å². The first-order valence-electron chi connectivity index (χ1n) is 6.18. The quantitative estimate of drug-likeness (QED) is 0.796. The fourth-order valence-electron chi connectivity index (χ4n) is 1.73. The van der Waals surface area contributed by atoms with E-state index < -0.39 is 12.0 Å². The molecule has 1 aromatic carbocycles. The van der Waals surface area contributed by atoms with Crippen LogP contribution in [0, 0.1) is 6.92 Å². The van der Waals surface area contributed by atoms with Crippen LogP contribution in [0.4, 0.5) is 0 Å². The molecule has 3 N–H and O–H groups in total. The summed E-state index contributed by atoms with van der Waals surface area (Å²) in [6.45, 7) is 2.58. The summed E-state index contributed by atoms with van der Waals surface area (Å²) in [7, 11) is 1.66. The van der Waals surface area contributed by atoms with Crippen LogP contribution in [-0.2, 0) is 16.0 Å². The lowest BCUT2D eigenvalue weighted by atomic mass is 10.1. The van der Waals surface area contributed by atoms with Gasteiger partial charge >= 0.3 is 5.97 Å². The van der Waals surface area contributed by atoms with E-state index >= 15 is 0 Å². The molecule has 19 heavy (non-hydrogen) atoms. The van der Waals surface area contributed by atoms with Gasteiger partial charge < -0.3 is 15.7 Å². The number of carbonyl (C=O) groups is 2. The Kier molecular flexibility index (Phi) is 5.51. The number of aryl methyl sites for hydroxylation is 1. The number of nitrogens with zero attached hydrogens (tertiary/aromatic N) is 1. The number of carboxylic acids is 1. The van der Waals surface area contributed by atoms with Gasteiger partial charge in [-0.2, -0.15) is 0 Å². The van der Waals surface area contributed by atoms with Crippen molar-refractivity contribution in [1.29, 1.82) is 0 Å². The molecule has 104 valence electrons. The lowest BCUT2D eigenvalue weighted by Gasteiger charge is -2.18. The molecule has 0 saturated carbocycles. The van der Waals surface area contributed by atoms with Gasteiger partial charge in [-0.1, -0.05) is 24.3 Å². The van der Waals surface area contributed by atoms with Crippen molar-refractivity contribution in [2.45, 2.75) is 25.8 Å². The van der Waals surface area contributed by atoms with Crippen molar-refractivity contribution in [1.82, 2.24) is 4.90 Å². The number of aliphatic carboxylic acids is 1. The van der Waals surface area contributed by atoms with Crippen molar-refractivity contribution in [3.63, 3.8) is 0 Å². The summed E-state index contributed by atoms with van der Waals surface area (Å²) in [4.78, 5) is 23.9. The molecule has 5 heteroatoms. The van der Waals surface area contributed by atoms with E-state index in [9.17, 15) is 9.59 Å². The lowest BCUT2D eigenvalue weighted by Crippen LogP contribution is -2.38. The zero-order valence-electron chi connectivity index (χ0n) is 11.3. The Labute approximate surface area is 113 Å². The highest BCUT2D eigenvalue weighted by Gasteiger charge is 2.18. The summed E-state index contributed by atoms with van der Waals surface area (Å²) in [6, 6.07) is 6.85. The van der Waals surface area contributed by atoms with Gasteiger partial charge in [0.2, 0.25) is 5.91 Å². The number of carbonyl (C=O) groups excluding carboxylic acids is 1. The topological polar surface area (TPSA) is 83.6 Å². The molecule has 1 atom stereocenters. The average Bonchev–Trinajstić information content (AvgIpc) is 2.37. The van der Waals surface area contributed by atoms with Gasteiger partial charge in [0, 0.05) is 13.6 Å². The minimum absolute atomic E-state index is 0.167. The summed E-state index contributed by atoms with van der Waals surface area (Å²) in [5.41, 5.74) is 7.71. The molecule has 1 amide bonds. The van der Waals surface area contributed by atoms with E-state index in [0.29, 0.717) is 6.54 Å². The number of rotatable bonds is 6. The highest BCUT2D eigenvalue weighted by atomic mass is 16.4. The van der Waals surface area contributed by atoms with Crippen molar-refractivity contribution in [3.05, 3.63) is 35.4 Å². The van der Waals surface area contributed by atoms with Crippen molar-refractivity contribution < 1.29 is 14.7 Å². The lowest BCUT2D eigenvalue weighted by molar-refractivity contribution is -0.142. The Bertz CT molecular complexity index is 460. The minimum atomic E-state index is -1.15. The average molecular weight is 264 g/mol. The SMILES string of the molecule is Cc1ccccc1CCN(C)C(=O)CC(N)C(=O)O. The van der Waals surface area contributed by atoms with Crippen molar-refractivity contribution in [2.24, 2.45) is 5.73 Å². The Hall–Kier alpha value is -1.88. The van der Waals surface area contributed by atoms with E-state index in [4.69, 9.17) is 10.8 Å². The van der Waals surface area contributed by atoms with Crippen molar-refractivity contribution in [3.8, 4) is 0 Å². The van der Waals surface area contributed by atoms with Gasteiger partial charge in [0.15, 0.2) is 0 Å². The van der Waals surface area contributed by atoms with Crippen LogP contribution < -0.4 is 5.73 Å². The molecule has 0 fully saturated rings. The third-order valence-electron chi connectivity index (χ3n) is 3.12. The second-order valence-corrected chi connectivity index (χ2v) is 4.64. The Morgan fingerprint density at radius 3 is 2.58 bits per heavy atom. The predicted molar refractivity (Wildman–Crippen MR) is 72.7 cm³/mol. The maximum atomic E-state index is 11.7. The number of likely N-dealkylation sites (N-methyl/N-ethyl adjacent to an activating group) is 1. The normalized spacial score (nSPS) is 11.9. The molecule has 1 rings (SSSR count). The molecular formula is C14H20N2O3. The molecule has 0 heterocycles. The molecule has 0 radical (unpaired) electrons. The number of hydrogen-bond donors (Lipinski definition) is 2. The first-order valence-corrected chi connectivity index (χ1v) is 6.18. The molecule has 0 aliphatic carbocycles. The standard InChI is InChI=1S/C14H20N2O3/c1-10-5-3-4-6-11(10)7-8-16(2)13(17)9-12(15)14(18)19/h3-6,12H,7-9,15H2,1-2H3,(H,18,19). The summed E-state index contributed by atoms with van der Waals surface area (Å²) in [5.74, 6) is -1.40. The van der Waals surface area contributed by atoms with E-state index in [1.54, 1.807) is 7.05 Å². The largest absolute Gasteiger partial charge is 0.480 e. The third-order valence-corrected chi connectivity index (χ3v) is 3.12. The third kappa shape index (κ3) is 4.71. The smallest absolute Gasteiger partial charge is 0.321 e. The van der Waals surface area contributed by atoms with Crippen LogP contribution in [0.15, 0.2) is 24.3 Å². The van der Waals surface area contributed by atoms with Crippen molar-refractivity contribution in [2.75, 3.05) is 13.6 Å². The summed E-state index contributed by atoms with van der Waals surface area (Å²) in [5, 5.41) is 8.66. The van der Waals surface area contributed by atoms with Crippen LogP contribution in [0.25, 0.3) is 0 Å². The van der Waals surface area contributed by atoms with Crippen LogP contribution >= 0.6 is 0 Å². The molecule has 0 aromatic heterocycles. The van der Waals surface area contributed by atoms with Crippen LogP contribution in [0.3, 0.4) is 0 Å². The van der Waals surface area contributed by atoms with Gasteiger partial charge in [-0.3, -0.25) is 9.59 Å². The van der Waals surface area contributed by atoms with Crippen LogP contribution in [0.5, 0.6) is 0 Å². The Morgan fingerprint density at radius 2 is 2.00 bits per heavy atom. The van der Waals surface area contributed by atoms with Gasteiger partial charge in [0.25, 0.3) is 0 Å². The maximum absolute atomic E-state index is 11.7. The first kappa shape index (κ1) is 15.2. The molecular weight excluding hydrogens is 244 g/mol. The molecule has 5 nitrogen and oxygen atoms in total. The summed E-state index contributed by atoms with van der Waals surface area (Å²) >= 11 is 0. The number of benzene rings is 1. The van der Waals surface area contributed by atoms with Crippen LogP contribution in [0.2, 0.25) is 0 Å². The van der Waals surface area contributed by atoms with E-state index in [1.807, 2.05) is 31.2 Å². The van der Waals surface area contributed by atoms with Gasteiger partial charge in [-0.05, 0) is 24.5 Å². The molecule has 1 aromatic rings. The zero-order valence-corrected chi connectivity index (χ0v) is 11.3. The molecule has 0 bridgehead atoms. The van der Waals surface area contributed by atoms with Crippen molar-refractivity contribution >= 4 is 11.9 Å². The summed E-state index contributed by atoms with van der Waals surface area (Å²) in [6.07, 6.45) is 0.580. The van der Waals surface area contributed by atoms with Gasteiger partial charge in [0.05, 0.1) is 6.42 Å². The van der Waals surface area contributed by atoms with Crippen LogP contribution in [0.1, 0.15) is 17.5 Å². The number of nitrogens with two attached hydrogens (primary N) is 1. The van der Waals surface area contributed by atoms with E-state index in [-0.39, 0.29) is 12.3 Å². The second kappa shape index (κ2) is 6.89. The first-order chi connectivity index (χ1) is 8.91. The fraction of sp³-hybridized carbons (Fsp3) is 0.429. The minimum Gasteiger partial charge on any atom is -0.480 e. The van der Waals surface area contributed by atoms with Crippen LogP contribution in [-0.4, -0.2) is 41.5 Å².